The lowest BCUT2D eigenvalue weighted by atomic mass is 10.2. The molecule has 0 spiro atoms. The molecule has 0 saturated carbocycles. The summed E-state index contributed by atoms with van der Waals surface area (Å²) in [4.78, 5) is 13.6. The SMILES string of the molecule is CC(N)CC(=O)NCC1CCCN1C. The van der Waals surface area contributed by atoms with Crippen LogP contribution < -0.4 is 11.1 Å². The Morgan fingerprint density at radius 3 is 2.93 bits per heavy atom. The van der Waals surface area contributed by atoms with E-state index < -0.39 is 0 Å². The largest absolute Gasteiger partial charge is 0.354 e. The average molecular weight is 199 g/mol. The first-order valence-corrected chi connectivity index (χ1v) is 5.32. The molecule has 0 aromatic carbocycles. The summed E-state index contributed by atoms with van der Waals surface area (Å²) in [6.45, 7) is 3.76. The monoisotopic (exact) mass is 199 g/mol. The number of likely N-dealkylation sites (tertiary alicyclic amines) is 1. The minimum Gasteiger partial charge on any atom is -0.354 e. The highest BCUT2D eigenvalue weighted by molar-refractivity contribution is 5.76. The van der Waals surface area contributed by atoms with Crippen LogP contribution in [0.3, 0.4) is 0 Å². The molecule has 0 radical (unpaired) electrons. The molecule has 2 unspecified atom stereocenters. The number of rotatable bonds is 4. The summed E-state index contributed by atoms with van der Waals surface area (Å²) in [5, 5.41) is 2.93. The Morgan fingerprint density at radius 2 is 2.43 bits per heavy atom. The lowest BCUT2D eigenvalue weighted by Crippen LogP contribution is -2.39. The zero-order valence-corrected chi connectivity index (χ0v) is 9.12. The van der Waals surface area contributed by atoms with Crippen molar-refractivity contribution in [2.75, 3.05) is 20.1 Å². The van der Waals surface area contributed by atoms with Crippen molar-refractivity contribution >= 4 is 5.91 Å². The fraction of sp³-hybridized carbons (Fsp3) is 0.900. The molecule has 4 heteroatoms. The first-order valence-electron chi connectivity index (χ1n) is 5.32. The molecule has 1 heterocycles. The topological polar surface area (TPSA) is 58.4 Å². The zero-order valence-electron chi connectivity index (χ0n) is 9.12. The Bertz CT molecular complexity index is 194. The second-order valence-electron chi connectivity index (χ2n) is 4.26. The Morgan fingerprint density at radius 1 is 1.71 bits per heavy atom. The molecule has 1 aliphatic heterocycles. The van der Waals surface area contributed by atoms with Crippen LogP contribution in [-0.2, 0) is 4.79 Å². The van der Waals surface area contributed by atoms with Crippen molar-refractivity contribution in [2.24, 2.45) is 5.73 Å². The molecule has 4 nitrogen and oxygen atoms in total. The van der Waals surface area contributed by atoms with E-state index in [1.165, 1.54) is 12.8 Å². The Balaban J connectivity index is 2.16. The Hall–Kier alpha value is -0.610. The highest BCUT2D eigenvalue weighted by Crippen LogP contribution is 2.13. The fourth-order valence-electron chi connectivity index (χ4n) is 1.83. The van der Waals surface area contributed by atoms with Crippen molar-refractivity contribution in [3.8, 4) is 0 Å². The van der Waals surface area contributed by atoms with E-state index in [0.29, 0.717) is 12.5 Å². The van der Waals surface area contributed by atoms with Gasteiger partial charge in [0.05, 0.1) is 0 Å². The maximum Gasteiger partial charge on any atom is 0.221 e. The maximum absolute atomic E-state index is 11.3. The normalized spacial score (nSPS) is 24.9. The van der Waals surface area contributed by atoms with Crippen molar-refractivity contribution in [3.63, 3.8) is 0 Å². The van der Waals surface area contributed by atoms with Gasteiger partial charge in [-0.15, -0.1) is 0 Å². The molecule has 0 aromatic heterocycles. The molecular weight excluding hydrogens is 178 g/mol. The smallest absolute Gasteiger partial charge is 0.221 e. The lowest BCUT2D eigenvalue weighted by Gasteiger charge is -2.19. The third kappa shape index (κ3) is 3.64. The number of likely N-dealkylation sites (N-methyl/N-ethyl adjacent to an activating group) is 1. The second kappa shape index (κ2) is 5.32. The summed E-state index contributed by atoms with van der Waals surface area (Å²) in [6, 6.07) is 0.475. The number of hydrogen-bond donors (Lipinski definition) is 2. The molecule has 1 rings (SSSR count). The van der Waals surface area contributed by atoms with Crippen molar-refractivity contribution in [3.05, 3.63) is 0 Å². The highest BCUT2D eigenvalue weighted by atomic mass is 16.1. The van der Waals surface area contributed by atoms with Crippen LogP contribution in [0.15, 0.2) is 0 Å². The van der Waals surface area contributed by atoms with Gasteiger partial charge in [-0.05, 0) is 33.4 Å². The molecule has 82 valence electrons. The molecule has 1 aliphatic rings. The molecule has 1 fully saturated rings. The molecule has 1 amide bonds. The maximum atomic E-state index is 11.3. The van der Waals surface area contributed by atoms with Crippen LogP contribution in [0, 0.1) is 0 Å². The van der Waals surface area contributed by atoms with E-state index in [1.807, 2.05) is 6.92 Å². The van der Waals surface area contributed by atoms with E-state index in [4.69, 9.17) is 5.73 Å². The molecule has 14 heavy (non-hydrogen) atoms. The van der Waals surface area contributed by atoms with Crippen molar-refractivity contribution in [2.45, 2.75) is 38.3 Å². The summed E-state index contributed by atoms with van der Waals surface area (Å²) in [6.07, 6.45) is 2.86. The van der Waals surface area contributed by atoms with Gasteiger partial charge in [0.15, 0.2) is 0 Å². The van der Waals surface area contributed by atoms with Crippen LogP contribution in [-0.4, -0.2) is 43.0 Å². The minimum atomic E-state index is -0.0451. The second-order valence-corrected chi connectivity index (χ2v) is 4.26. The van der Waals surface area contributed by atoms with Crippen molar-refractivity contribution in [1.29, 1.82) is 0 Å². The van der Waals surface area contributed by atoms with E-state index in [-0.39, 0.29) is 11.9 Å². The number of amides is 1. The van der Waals surface area contributed by atoms with Crippen LogP contribution in [0.2, 0.25) is 0 Å². The van der Waals surface area contributed by atoms with E-state index in [0.717, 1.165) is 13.1 Å². The summed E-state index contributed by atoms with van der Waals surface area (Å²) in [5.41, 5.74) is 5.53. The summed E-state index contributed by atoms with van der Waals surface area (Å²) < 4.78 is 0. The zero-order chi connectivity index (χ0) is 10.6. The Kier molecular flexibility index (Phi) is 4.35. The van der Waals surface area contributed by atoms with Crippen LogP contribution in [0.5, 0.6) is 0 Å². The lowest BCUT2D eigenvalue weighted by molar-refractivity contribution is -0.121. The minimum absolute atomic E-state index is 0.0451. The van der Waals surface area contributed by atoms with Gasteiger partial charge in [-0.2, -0.15) is 0 Å². The first kappa shape index (κ1) is 11.5. The molecule has 0 aromatic rings. The van der Waals surface area contributed by atoms with Crippen molar-refractivity contribution < 1.29 is 4.79 Å². The quantitative estimate of drug-likeness (QED) is 0.666. The van der Waals surface area contributed by atoms with Gasteiger partial charge in [0.25, 0.3) is 0 Å². The number of carbonyl (C=O) groups excluding carboxylic acids is 1. The molecule has 0 aliphatic carbocycles. The third-order valence-electron chi connectivity index (χ3n) is 2.71. The van der Waals surface area contributed by atoms with Gasteiger partial charge in [0.2, 0.25) is 5.91 Å². The molecular formula is C10H21N3O. The number of hydrogen-bond acceptors (Lipinski definition) is 3. The van der Waals surface area contributed by atoms with Crippen molar-refractivity contribution in [1.82, 2.24) is 10.2 Å². The van der Waals surface area contributed by atoms with Gasteiger partial charge in [-0.25, -0.2) is 0 Å². The van der Waals surface area contributed by atoms with Gasteiger partial charge in [-0.1, -0.05) is 0 Å². The molecule has 0 bridgehead atoms. The number of nitrogens with zero attached hydrogens (tertiary/aromatic N) is 1. The molecule has 3 N–H and O–H groups in total. The van der Waals surface area contributed by atoms with Gasteiger partial charge >= 0.3 is 0 Å². The van der Waals surface area contributed by atoms with E-state index in [1.54, 1.807) is 0 Å². The summed E-state index contributed by atoms with van der Waals surface area (Å²) in [7, 11) is 2.11. The van der Waals surface area contributed by atoms with Gasteiger partial charge in [0, 0.05) is 25.0 Å². The highest BCUT2D eigenvalue weighted by Gasteiger charge is 2.20. The van der Waals surface area contributed by atoms with E-state index in [2.05, 4.69) is 17.3 Å². The van der Waals surface area contributed by atoms with E-state index in [9.17, 15) is 4.79 Å². The summed E-state index contributed by atoms with van der Waals surface area (Å²) >= 11 is 0. The number of carbonyl (C=O) groups is 1. The van der Waals surface area contributed by atoms with Crippen LogP contribution in [0.4, 0.5) is 0 Å². The van der Waals surface area contributed by atoms with Crippen LogP contribution in [0.1, 0.15) is 26.2 Å². The number of nitrogens with one attached hydrogen (secondary N) is 1. The molecule has 1 saturated heterocycles. The standard InChI is InChI=1S/C10H21N3O/c1-8(11)6-10(14)12-7-9-4-3-5-13(9)2/h8-9H,3-7,11H2,1-2H3,(H,12,14). The predicted octanol–water partition coefficient (Wildman–Crippen LogP) is -0.0659. The van der Waals surface area contributed by atoms with Crippen LogP contribution in [0.25, 0.3) is 0 Å². The Labute approximate surface area is 85.8 Å². The van der Waals surface area contributed by atoms with Gasteiger partial charge in [-0.3, -0.25) is 4.79 Å². The third-order valence-corrected chi connectivity index (χ3v) is 2.71. The number of nitrogens with two attached hydrogens (primary N) is 1. The predicted molar refractivity (Wildman–Crippen MR) is 56.9 cm³/mol. The summed E-state index contributed by atoms with van der Waals surface area (Å²) in [5.74, 6) is 0.0697. The van der Waals surface area contributed by atoms with E-state index >= 15 is 0 Å². The molecule has 2 atom stereocenters. The van der Waals surface area contributed by atoms with Gasteiger partial charge < -0.3 is 16.0 Å². The first-order chi connectivity index (χ1) is 6.59. The average Bonchev–Trinajstić information content (AvgIpc) is 2.46. The van der Waals surface area contributed by atoms with Gasteiger partial charge in [0.1, 0.15) is 0 Å². The van der Waals surface area contributed by atoms with Crippen LogP contribution >= 0.6 is 0 Å². The fourth-order valence-corrected chi connectivity index (χ4v) is 1.83.